The lowest BCUT2D eigenvalue weighted by atomic mass is 9.91. The third-order valence-corrected chi connectivity index (χ3v) is 3.13. The summed E-state index contributed by atoms with van der Waals surface area (Å²) in [5, 5.41) is 11.3. The summed E-state index contributed by atoms with van der Waals surface area (Å²) in [6.07, 6.45) is 6.24. The maximum absolute atomic E-state index is 4.07. The van der Waals surface area contributed by atoms with Gasteiger partial charge in [-0.15, -0.1) is 10.2 Å². The van der Waals surface area contributed by atoms with Gasteiger partial charge in [0.25, 0.3) is 0 Å². The average Bonchev–Trinajstić information content (AvgIpc) is 2.77. The summed E-state index contributed by atoms with van der Waals surface area (Å²) in [6, 6.07) is 4.34. The van der Waals surface area contributed by atoms with E-state index in [1.165, 1.54) is 18.4 Å². The Hall–Kier alpha value is -1.42. The molecule has 4 heteroatoms. The number of rotatable bonds is 1. The van der Waals surface area contributed by atoms with Crippen LogP contribution in [0.25, 0.3) is 5.65 Å². The second-order valence-electron chi connectivity index (χ2n) is 4.08. The van der Waals surface area contributed by atoms with E-state index in [-0.39, 0.29) is 0 Å². The van der Waals surface area contributed by atoms with Crippen molar-refractivity contribution in [1.29, 1.82) is 0 Å². The molecule has 0 aliphatic carbocycles. The van der Waals surface area contributed by atoms with Crippen LogP contribution >= 0.6 is 0 Å². The Balaban J connectivity index is 1.95. The molecule has 3 rings (SSSR count). The molecule has 1 aliphatic rings. The van der Waals surface area contributed by atoms with E-state index in [4.69, 9.17) is 0 Å². The zero-order valence-electron chi connectivity index (χ0n) is 8.56. The lowest BCUT2D eigenvalue weighted by Crippen LogP contribution is -2.26. The van der Waals surface area contributed by atoms with Gasteiger partial charge in [0.2, 0.25) is 0 Å². The molecular formula is C11H14N4. The Morgan fingerprint density at radius 2 is 2.20 bits per heavy atom. The lowest BCUT2D eigenvalue weighted by Gasteiger charge is -2.22. The summed E-state index contributed by atoms with van der Waals surface area (Å²) in [7, 11) is 0. The van der Waals surface area contributed by atoms with Gasteiger partial charge in [0.05, 0.1) is 0 Å². The van der Waals surface area contributed by atoms with Crippen molar-refractivity contribution in [2.24, 2.45) is 0 Å². The lowest BCUT2D eigenvalue weighted by molar-refractivity contribution is 0.460. The Morgan fingerprint density at radius 1 is 1.33 bits per heavy atom. The van der Waals surface area contributed by atoms with Crippen molar-refractivity contribution >= 4 is 5.65 Å². The molecule has 0 bridgehead atoms. The van der Waals surface area contributed by atoms with Crippen LogP contribution in [-0.2, 0) is 0 Å². The molecular weight excluding hydrogens is 188 g/mol. The standard InChI is InChI=1S/C11H14N4/c1-4-12-5-2-9(1)10-3-6-15-8-13-14-11(15)7-10/h3,6-9,12H,1-2,4-5H2. The number of piperidine rings is 1. The molecule has 1 aliphatic heterocycles. The van der Waals surface area contributed by atoms with Gasteiger partial charge >= 0.3 is 0 Å². The molecule has 2 aromatic heterocycles. The molecule has 0 spiro atoms. The number of pyridine rings is 1. The van der Waals surface area contributed by atoms with Crippen LogP contribution in [0.5, 0.6) is 0 Å². The number of fused-ring (bicyclic) bond motifs is 1. The first kappa shape index (κ1) is 8.85. The molecule has 0 unspecified atom stereocenters. The summed E-state index contributed by atoms with van der Waals surface area (Å²) in [4.78, 5) is 0. The minimum atomic E-state index is 0.688. The van der Waals surface area contributed by atoms with Crippen molar-refractivity contribution in [2.45, 2.75) is 18.8 Å². The molecule has 4 nitrogen and oxygen atoms in total. The van der Waals surface area contributed by atoms with Gasteiger partial charge in [0.15, 0.2) is 5.65 Å². The third kappa shape index (κ3) is 1.61. The molecule has 78 valence electrons. The van der Waals surface area contributed by atoms with E-state index in [0.29, 0.717) is 5.92 Å². The van der Waals surface area contributed by atoms with E-state index in [9.17, 15) is 0 Å². The molecule has 1 fully saturated rings. The molecule has 3 heterocycles. The fourth-order valence-corrected chi connectivity index (χ4v) is 2.24. The van der Waals surface area contributed by atoms with Crippen LogP contribution in [0.2, 0.25) is 0 Å². The fraction of sp³-hybridized carbons (Fsp3) is 0.455. The molecule has 0 amide bonds. The van der Waals surface area contributed by atoms with Gasteiger partial charge in [-0.25, -0.2) is 0 Å². The average molecular weight is 202 g/mol. The SMILES string of the molecule is c1cn2cnnc2cc1C1CCNCC1. The first-order chi connectivity index (χ1) is 7.43. The smallest absolute Gasteiger partial charge is 0.160 e. The van der Waals surface area contributed by atoms with Crippen molar-refractivity contribution in [3.05, 3.63) is 30.2 Å². The number of nitrogens with one attached hydrogen (secondary N) is 1. The third-order valence-electron chi connectivity index (χ3n) is 3.13. The van der Waals surface area contributed by atoms with Crippen LogP contribution in [0.3, 0.4) is 0 Å². The van der Waals surface area contributed by atoms with Crippen LogP contribution in [-0.4, -0.2) is 27.7 Å². The molecule has 2 aromatic rings. The summed E-state index contributed by atoms with van der Waals surface area (Å²) in [6.45, 7) is 2.26. The maximum atomic E-state index is 4.07. The summed E-state index contributed by atoms with van der Waals surface area (Å²) < 4.78 is 1.95. The van der Waals surface area contributed by atoms with Crippen molar-refractivity contribution < 1.29 is 0 Å². The topological polar surface area (TPSA) is 42.2 Å². The first-order valence-corrected chi connectivity index (χ1v) is 5.43. The number of nitrogens with zero attached hydrogens (tertiary/aromatic N) is 3. The van der Waals surface area contributed by atoms with E-state index in [0.717, 1.165) is 18.7 Å². The molecule has 0 atom stereocenters. The highest BCUT2D eigenvalue weighted by Crippen LogP contribution is 2.25. The zero-order chi connectivity index (χ0) is 10.1. The van der Waals surface area contributed by atoms with E-state index < -0.39 is 0 Å². The van der Waals surface area contributed by atoms with Crippen LogP contribution in [0.15, 0.2) is 24.7 Å². The van der Waals surface area contributed by atoms with Crippen molar-refractivity contribution in [1.82, 2.24) is 19.9 Å². The highest BCUT2D eigenvalue weighted by molar-refractivity contribution is 5.41. The van der Waals surface area contributed by atoms with Crippen LogP contribution in [0.1, 0.15) is 24.3 Å². The van der Waals surface area contributed by atoms with E-state index in [1.54, 1.807) is 6.33 Å². The van der Waals surface area contributed by atoms with Crippen molar-refractivity contribution in [3.63, 3.8) is 0 Å². The van der Waals surface area contributed by atoms with Gasteiger partial charge in [0, 0.05) is 6.20 Å². The van der Waals surface area contributed by atoms with E-state index in [2.05, 4.69) is 27.6 Å². The number of aromatic nitrogens is 3. The van der Waals surface area contributed by atoms with Gasteiger partial charge in [0.1, 0.15) is 6.33 Å². The number of hydrogen-bond donors (Lipinski definition) is 1. The predicted octanol–water partition coefficient (Wildman–Crippen LogP) is 1.20. The molecule has 15 heavy (non-hydrogen) atoms. The van der Waals surface area contributed by atoms with Gasteiger partial charge in [-0.2, -0.15) is 0 Å². The maximum Gasteiger partial charge on any atom is 0.160 e. The van der Waals surface area contributed by atoms with Gasteiger partial charge in [-0.05, 0) is 49.5 Å². The van der Waals surface area contributed by atoms with Gasteiger partial charge in [-0.1, -0.05) is 0 Å². The second-order valence-corrected chi connectivity index (χ2v) is 4.08. The molecule has 0 radical (unpaired) electrons. The first-order valence-electron chi connectivity index (χ1n) is 5.43. The van der Waals surface area contributed by atoms with E-state index in [1.807, 2.05) is 10.6 Å². The van der Waals surface area contributed by atoms with Crippen molar-refractivity contribution in [2.75, 3.05) is 13.1 Å². The van der Waals surface area contributed by atoms with E-state index >= 15 is 0 Å². The molecule has 0 aromatic carbocycles. The quantitative estimate of drug-likeness (QED) is 0.755. The Kier molecular flexibility index (Phi) is 2.14. The van der Waals surface area contributed by atoms with Crippen LogP contribution in [0.4, 0.5) is 0 Å². The minimum absolute atomic E-state index is 0.688. The number of hydrogen-bond acceptors (Lipinski definition) is 3. The molecule has 1 N–H and O–H groups in total. The molecule has 1 saturated heterocycles. The van der Waals surface area contributed by atoms with Crippen LogP contribution in [0, 0.1) is 0 Å². The van der Waals surface area contributed by atoms with Gasteiger partial charge < -0.3 is 5.32 Å². The monoisotopic (exact) mass is 202 g/mol. The zero-order valence-corrected chi connectivity index (χ0v) is 8.56. The minimum Gasteiger partial charge on any atom is -0.317 e. The second kappa shape index (κ2) is 3.62. The predicted molar refractivity (Wildman–Crippen MR) is 57.8 cm³/mol. The Morgan fingerprint density at radius 3 is 3.07 bits per heavy atom. The Bertz CT molecular complexity index is 456. The largest absolute Gasteiger partial charge is 0.317 e. The fourth-order valence-electron chi connectivity index (χ4n) is 2.24. The normalized spacial score (nSPS) is 18.4. The summed E-state index contributed by atoms with van der Waals surface area (Å²) >= 11 is 0. The highest BCUT2D eigenvalue weighted by Gasteiger charge is 2.15. The summed E-state index contributed by atoms with van der Waals surface area (Å²) in [5.41, 5.74) is 2.35. The van der Waals surface area contributed by atoms with Crippen molar-refractivity contribution in [3.8, 4) is 0 Å². The summed E-state index contributed by atoms with van der Waals surface area (Å²) in [5.74, 6) is 0.688. The van der Waals surface area contributed by atoms with Gasteiger partial charge in [-0.3, -0.25) is 4.40 Å². The Labute approximate surface area is 88.3 Å². The molecule has 0 saturated carbocycles. The highest BCUT2D eigenvalue weighted by atomic mass is 15.2. The van der Waals surface area contributed by atoms with Crippen LogP contribution < -0.4 is 5.32 Å².